The summed E-state index contributed by atoms with van der Waals surface area (Å²) in [4.78, 5) is 2.27. The molecule has 0 aliphatic carbocycles. The van der Waals surface area contributed by atoms with Crippen LogP contribution in [-0.4, -0.2) is 24.0 Å². The van der Waals surface area contributed by atoms with E-state index in [1.54, 1.807) is 6.07 Å². The Morgan fingerprint density at radius 2 is 2.29 bits per heavy atom. The van der Waals surface area contributed by atoms with Gasteiger partial charge in [-0.25, -0.2) is 4.39 Å². The quantitative estimate of drug-likeness (QED) is 0.882. The molecule has 0 bridgehead atoms. The molecule has 1 saturated heterocycles. The Hall–Kier alpha value is -0.640. The van der Waals surface area contributed by atoms with Crippen LogP contribution in [0.4, 0.5) is 4.39 Å². The van der Waals surface area contributed by atoms with E-state index in [-0.39, 0.29) is 16.9 Å². The maximum atomic E-state index is 13.3. The molecule has 0 spiro atoms. The summed E-state index contributed by atoms with van der Waals surface area (Å²) in [6.45, 7) is 4.84. The summed E-state index contributed by atoms with van der Waals surface area (Å²) in [5.41, 5.74) is 6.99. The number of hydrogen-bond donors (Lipinski definition) is 1. The fraction of sp³-hybridized carbons (Fsp3) is 0.538. The van der Waals surface area contributed by atoms with Crippen molar-refractivity contribution in [3.8, 4) is 0 Å². The zero-order chi connectivity index (χ0) is 12.4. The lowest BCUT2D eigenvalue weighted by Crippen LogP contribution is -2.47. The maximum absolute atomic E-state index is 13.3. The Morgan fingerprint density at radius 1 is 1.53 bits per heavy atom. The van der Waals surface area contributed by atoms with Crippen LogP contribution in [0.25, 0.3) is 0 Å². The van der Waals surface area contributed by atoms with Gasteiger partial charge < -0.3 is 5.73 Å². The van der Waals surface area contributed by atoms with E-state index in [4.69, 9.17) is 17.3 Å². The molecule has 0 amide bonds. The van der Waals surface area contributed by atoms with Crippen molar-refractivity contribution in [2.75, 3.05) is 13.1 Å². The van der Waals surface area contributed by atoms with E-state index in [2.05, 4.69) is 11.8 Å². The van der Waals surface area contributed by atoms with Gasteiger partial charge in [-0.3, -0.25) is 4.90 Å². The zero-order valence-corrected chi connectivity index (χ0v) is 10.8. The largest absolute Gasteiger partial charge is 0.326 e. The zero-order valence-electron chi connectivity index (χ0n) is 10.00. The number of rotatable bonds is 2. The molecular weight excluding hydrogens is 239 g/mol. The van der Waals surface area contributed by atoms with E-state index in [0.29, 0.717) is 5.92 Å². The molecule has 0 radical (unpaired) electrons. The van der Waals surface area contributed by atoms with Crippen LogP contribution < -0.4 is 5.73 Å². The van der Waals surface area contributed by atoms with Crippen molar-refractivity contribution in [1.82, 2.24) is 4.90 Å². The summed E-state index contributed by atoms with van der Waals surface area (Å²) in [6, 6.07) is 5.21. The standard InChI is InChI=1S/C13H18ClFN2/c1-9-4-5-17(8-13(9)16)7-10-2-3-11(14)12(15)6-10/h2-3,6,9,13H,4-5,7-8,16H2,1H3. The van der Waals surface area contributed by atoms with Gasteiger partial charge in [-0.15, -0.1) is 0 Å². The van der Waals surface area contributed by atoms with Gasteiger partial charge in [0, 0.05) is 19.1 Å². The van der Waals surface area contributed by atoms with Crippen molar-refractivity contribution in [1.29, 1.82) is 0 Å². The van der Waals surface area contributed by atoms with Crippen molar-refractivity contribution < 1.29 is 4.39 Å². The molecule has 1 fully saturated rings. The third kappa shape index (κ3) is 3.18. The van der Waals surface area contributed by atoms with Crippen molar-refractivity contribution in [2.24, 2.45) is 11.7 Å². The maximum Gasteiger partial charge on any atom is 0.142 e. The predicted octanol–water partition coefficient (Wildman–Crippen LogP) is 2.65. The van der Waals surface area contributed by atoms with E-state index in [0.717, 1.165) is 31.6 Å². The molecule has 1 aromatic rings. The van der Waals surface area contributed by atoms with Crippen molar-refractivity contribution in [3.63, 3.8) is 0 Å². The summed E-state index contributed by atoms with van der Waals surface area (Å²) in [7, 11) is 0. The van der Waals surface area contributed by atoms with E-state index in [1.165, 1.54) is 6.07 Å². The molecule has 2 rings (SSSR count). The van der Waals surface area contributed by atoms with Crippen molar-refractivity contribution >= 4 is 11.6 Å². The average molecular weight is 257 g/mol. The van der Waals surface area contributed by atoms with Gasteiger partial charge in [0.1, 0.15) is 5.82 Å². The van der Waals surface area contributed by atoms with Crippen LogP contribution in [0.2, 0.25) is 5.02 Å². The molecular formula is C13H18ClFN2. The molecule has 1 heterocycles. The topological polar surface area (TPSA) is 29.3 Å². The van der Waals surface area contributed by atoms with Crippen molar-refractivity contribution in [3.05, 3.63) is 34.6 Å². The number of likely N-dealkylation sites (tertiary alicyclic amines) is 1. The molecule has 2 atom stereocenters. The Labute approximate surface area is 107 Å². The van der Waals surface area contributed by atoms with E-state index in [9.17, 15) is 4.39 Å². The molecule has 1 aliphatic heterocycles. The Morgan fingerprint density at radius 3 is 2.94 bits per heavy atom. The molecule has 0 aromatic heterocycles. The van der Waals surface area contributed by atoms with Gasteiger partial charge in [-0.2, -0.15) is 0 Å². The lowest BCUT2D eigenvalue weighted by Gasteiger charge is -2.35. The minimum atomic E-state index is -0.348. The Balaban J connectivity index is 1.99. The summed E-state index contributed by atoms with van der Waals surface area (Å²) in [6.07, 6.45) is 1.11. The molecule has 94 valence electrons. The summed E-state index contributed by atoms with van der Waals surface area (Å²) < 4.78 is 13.3. The first-order valence-corrected chi connectivity index (χ1v) is 6.36. The van der Waals surface area contributed by atoms with Crippen LogP contribution in [0.5, 0.6) is 0 Å². The van der Waals surface area contributed by atoms with Gasteiger partial charge in [-0.1, -0.05) is 24.6 Å². The second kappa shape index (κ2) is 5.34. The van der Waals surface area contributed by atoms with E-state index >= 15 is 0 Å². The van der Waals surface area contributed by atoms with Gasteiger partial charge in [0.2, 0.25) is 0 Å². The molecule has 2 unspecified atom stereocenters. The van der Waals surface area contributed by atoms with Crippen LogP contribution in [0, 0.1) is 11.7 Å². The molecule has 0 saturated carbocycles. The summed E-state index contributed by atoms with van der Waals surface area (Å²) in [5.74, 6) is 0.229. The van der Waals surface area contributed by atoms with Gasteiger partial charge in [0.25, 0.3) is 0 Å². The smallest absolute Gasteiger partial charge is 0.142 e. The normalized spacial score (nSPS) is 26.1. The lowest BCUT2D eigenvalue weighted by molar-refractivity contribution is 0.162. The third-order valence-corrected chi connectivity index (χ3v) is 3.80. The number of nitrogens with zero attached hydrogens (tertiary/aromatic N) is 1. The molecule has 17 heavy (non-hydrogen) atoms. The first-order chi connectivity index (χ1) is 8.06. The number of nitrogens with two attached hydrogens (primary N) is 1. The first-order valence-electron chi connectivity index (χ1n) is 5.98. The van der Waals surface area contributed by atoms with E-state index in [1.807, 2.05) is 6.07 Å². The highest BCUT2D eigenvalue weighted by Gasteiger charge is 2.22. The van der Waals surface area contributed by atoms with Crippen molar-refractivity contribution in [2.45, 2.75) is 25.9 Å². The minimum absolute atomic E-state index is 0.178. The lowest BCUT2D eigenvalue weighted by atomic mass is 9.94. The van der Waals surface area contributed by atoms with Crippen LogP contribution in [0.1, 0.15) is 18.9 Å². The number of halogens is 2. The third-order valence-electron chi connectivity index (χ3n) is 3.49. The molecule has 1 aromatic carbocycles. The predicted molar refractivity (Wildman–Crippen MR) is 68.4 cm³/mol. The first kappa shape index (κ1) is 12.8. The number of piperidine rings is 1. The summed E-state index contributed by atoms with van der Waals surface area (Å²) >= 11 is 5.66. The van der Waals surface area contributed by atoms with E-state index < -0.39 is 0 Å². The van der Waals surface area contributed by atoms with Crippen LogP contribution >= 0.6 is 11.6 Å². The minimum Gasteiger partial charge on any atom is -0.326 e. The van der Waals surface area contributed by atoms with Gasteiger partial charge >= 0.3 is 0 Å². The Kier molecular flexibility index (Phi) is 4.02. The molecule has 2 N–H and O–H groups in total. The second-order valence-corrected chi connectivity index (χ2v) is 5.32. The highest BCUT2D eigenvalue weighted by atomic mass is 35.5. The van der Waals surface area contributed by atoms with Gasteiger partial charge in [-0.05, 0) is 36.6 Å². The Bertz CT molecular complexity index is 397. The monoisotopic (exact) mass is 256 g/mol. The van der Waals surface area contributed by atoms with Gasteiger partial charge in [0.05, 0.1) is 5.02 Å². The van der Waals surface area contributed by atoms with Crippen LogP contribution in [0.15, 0.2) is 18.2 Å². The van der Waals surface area contributed by atoms with Gasteiger partial charge in [0.15, 0.2) is 0 Å². The van der Waals surface area contributed by atoms with Crippen LogP contribution in [0.3, 0.4) is 0 Å². The van der Waals surface area contributed by atoms with Crippen LogP contribution in [-0.2, 0) is 6.54 Å². The molecule has 2 nitrogen and oxygen atoms in total. The highest BCUT2D eigenvalue weighted by Crippen LogP contribution is 2.20. The summed E-state index contributed by atoms with van der Waals surface area (Å²) in [5, 5.41) is 0.178. The fourth-order valence-electron chi connectivity index (χ4n) is 2.21. The average Bonchev–Trinajstić information content (AvgIpc) is 2.29. The highest BCUT2D eigenvalue weighted by molar-refractivity contribution is 6.30. The number of hydrogen-bond acceptors (Lipinski definition) is 2. The fourth-order valence-corrected chi connectivity index (χ4v) is 2.33. The molecule has 4 heteroatoms. The number of benzene rings is 1. The second-order valence-electron chi connectivity index (χ2n) is 4.91. The molecule has 1 aliphatic rings. The SMILES string of the molecule is CC1CCN(Cc2ccc(Cl)c(F)c2)CC1N.